The van der Waals surface area contributed by atoms with Gasteiger partial charge >= 0.3 is 12.1 Å². The van der Waals surface area contributed by atoms with Crippen molar-refractivity contribution in [1.29, 1.82) is 0 Å². The highest BCUT2D eigenvalue weighted by atomic mass is 16.8. The summed E-state index contributed by atoms with van der Waals surface area (Å²) in [5, 5.41) is 5.82. The number of nitrogens with zero attached hydrogens (tertiary/aromatic N) is 3. The maximum Gasteiger partial charge on any atom is 0.407 e. The van der Waals surface area contributed by atoms with Gasteiger partial charge in [0.2, 0.25) is 5.91 Å². The molecule has 3 aliphatic rings. The van der Waals surface area contributed by atoms with E-state index in [1.807, 2.05) is 54.7 Å². The lowest BCUT2D eigenvalue weighted by Crippen LogP contribution is -2.60. The molecule has 0 spiro atoms. The van der Waals surface area contributed by atoms with Crippen molar-refractivity contribution < 1.29 is 42.8 Å². The first-order chi connectivity index (χ1) is 25.2. The van der Waals surface area contributed by atoms with Gasteiger partial charge in [0, 0.05) is 30.7 Å². The van der Waals surface area contributed by atoms with E-state index in [9.17, 15) is 14.4 Å². The maximum atomic E-state index is 14.1. The average Bonchev–Trinajstić information content (AvgIpc) is 3.70. The van der Waals surface area contributed by atoms with Crippen LogP contribution in [0.5, 0.6) is 0 Å². The second-order valence-corrected chi connectivity index (χ2v) is 16.7. The van der Waals surface area contributed by atoms with Gasteiger partial charge in [-0.2, -0.15) is 0 Å². The summed E-state index contributed by atoms with van der Waals surface area (Å²) < 4.78 is 37.6. The number of anilines is 1. The minimum Gasteiger partial charge on any atom is -0.461 e. The summed E-state index contributed by atoms with van der Waals surface area (Å²) >= 11 is 0. The van der Waals surface area contributed by atoms with E-state index in [-0.39, 0.29) is 31.8 Å². The molecule has 16 heteroatoms. The number of carbonyl (C=O) groups excluding carboxylic acids is 3. The number of nitrogen functional groups attached to an aromatic ring is 1. The minimum absolute atomic E-state index is 0.0606. The zero-order valence-corrected chi connectivity index (χ0v) is 33.5. The van der Waals surface area contributed by atoms with Crippen molar-refractivity contribution in [3.63, 3.8) is 0 Å². The van der Waals surface area contributed by atoms with E-state index < -0.39 is 71.5 Å². The van der Waals surface area contributed by atoms with Gasteiger partial charge in [-0.3, -0.25) is 9.69 Å². The Balaban J connectivity index is 1.46. The van der Waals surface area contributed by atoms with Gasteiger partial charge in [-0.15, -0.1) is 0 Å². The SMILES string of the molecule is CCC(CC)O[C@@H]1C=C(C(=O)OC[C@@H]2[C@H]3OC(C)(C)O[C@H]3[C@H](c3c[nH]c4c(N)ncnc34)N2COC(C)(C)C)C[C@H](NC(=O)OC(C)(C)C)[C@H]1NC(C)=O. The summed E-state index contributed by atoms with van der Waals surface area (Å²) in [7, 11) is 0. The van der Waals surface area contributed by atoms with Crippen LogP contribution in [-0.2, 0) is 38.0 Å². The van der Waals surface area contributed by atoms with E-state index in [4.69, 9.17) is 34.2 Å². The van der Waals surface area contributed by atoms with E-state index in [1.165, 1.54) is 13.3 Å². The summed E-state index contributed by atoms with van der Waals surface area (Å²) in [6, 6.07) is -2.33. The van der Waals surface area contributed by atoms with Crippen LogP contribution in [-0.4, -0.2) is 111 Å². The first-order valence-electron chi connectivity index (χ1n) is 18.8. The molecule has 0 radical (unpaired) electrons. The average molecular weight is 758 g/mol. The first-order valence-corrected chi connectivity index (χ1v) is 18.8. The number of aromatic nitrogens is 3. The Labute approximate surface area is 317 Å². The summed E-state index contributed by atoms with van der Waals surface area (Å²) in [5.41, 5.74) is 7.30. The maximum absolute atomic E-state index is 14.1. The van der Waals surface area contributed by atoms with Crippen molar-refractivity contribution in [2.75, 3.05) is 19.1 Å². The van der Waals surface area contributed by atoms with Crippen LogP contribution in [0, 0.1) is 0 Å². The number of ether oxygens (including phenoxy) is 6. The molecule has 1 aliphatic carbocycles. The Hall–Kier alpha value is -3.83. The molecule has 2 aromatic heterocycles. The number of esters is 1. The molecule has 2 aliphatic heterocycles. The normalized spacial score (nSPS) is 27.1. The minimum atomic E-state index is -0.919. The van der Waals surface area contributed by atoms with Crippen LogP contribution < -0.4 is 16.4 Å². The van der Waals surface area contributed by atoms with Gasteiger partial charge in [-0.25, -0.2) is 19.6 Å². The van der Waals surface area contributed by atoms with Crippen molar-refractivity contribution >= 4 is 34.8 Å². The lowest BCUT2D eigenvalue weighted by Gasteiger charge is -2.39. The number of nitrogens with two attached hydrogens (primary N) is 1. The van der Waals surface area contributed by atoms with Crippen molar-refractivity contribution in [2.24, 2.45) is 0 Å². The number of aromatic amines is 1. The molecule has 2 amide bonds. The number of fused-ring (bicyclic) bond motifs is 2. The Morgan fingerprint density at radius 3 is 2.37 bits per heavy atom. The van der Waals surface area contributed by atoms with Crippen molar-refractivity contribution in [1.82, 2.24) is 30.5 Å². The van der Waals surface area contributed by atoms with Gasteiger partial charge in [-0.1, -0.05) is 13.8 Å². The third kappa shape index (κ3) is 9.69. The molecule has 2 fully saturated rings. The number of alkyl carbamates (subject to hydrolysis) is 1. The zero-order chi connectivity index (χ0) is 39.7. The predicted octanol–water partition coefficient (Wildman–Crippen LogP) is 4.40. The van der Waals surface area contributed by atoms with Crippen molar-refractivity contribution in [3.8, 4) is 0 Å². The number of hydrogen-bond donors (Lipinski definition) is 4. The Morgan fingerprint density at radius 1 is 1.06 bits per heavy atom. The van der Waals surface area contributed by atoms with Crippen LogP contribution in [0.4, 0.5) is 10.6 Å². The van der Waals surface area contributed by atoms with Gasteiger partial charge in [0.1, 0.15) is 43.0 Å². The van der Waals surface area contributed by atoms with Gasteiger partial charge in [-0.05, 0) is 74.3 Å². The molecule has 0 aromatic carbocycles. The lowest BCUT2D eigenvalue weighted by molar-refractivity contribution is -0.184. The zero-order valence-electron chi connectivity index (χ0n) is 33.5. The number of amides is 2. The standard InChI is InChI=1S/C38H59N7O9/c1-12-22(13-2)51-26-15-21(14-24(28(26)43-20(3)46)44-35(48)54-37(7,8)9)34(47)49-17-25-31-32(53-38(10,11)52-31)30(45(25)19-50-36(4,5)6)23-16-40-29-27(23)41-18-42-33(29)39/h15-16,18,22,24-26,28,30-32,40H,12-14,17,19H2,1-11H3,(H,43,46)(H,44,48)(H2,39,41,42)/t24-,25+,26+,28+,30-,31+,32-/m0/s1. The molecule has 7 atom stereocenters. The highest BCUT2D eigenvalue weighted by Crippen LogP contribution is 2.48. The quantitative estimate of drug-likeness (QED) is 0.222. The van der Waals surface area contributed by atoms with E-state index in [0.717, 1.165) is 5.56 Å². The van der Waals surface area contributed by atoms with Gasteiger partial charge in [0.25, 0.3) is 0 Å². The first kappa shape index (κ1) is 41.3. The largest absolute Gasteiger partial charge is 0.461 e. The molecule has 2 saturated heterocycles. The predicted molar refractivity (Wildman–Crippen MR) is 200 cm³/mol. The number of hydrogen-bond acceptors (Lipinski definition) is 13. The second-order valence-electron chi connectivity index (χ2n) is 16.7. The Morgan fingerprint density at radius 2 is 1.74 bits per heavy atom. The summed E-state index contributed by atoms with van der Waals surface area (Å²) in [5.74, 6) is -1.49. The molecular weight excluding hydrogens is 698 g/mol. The molecule has 0 unspecified atom stereocenters. The third-order valence-corrected chi connectivity index (χ3v) is 9.70. The van der Waals surface area contributed by atoms with E-state index in [2.05, 4.69) is 30.5 Å². The molecule has 5 rings (SSSR count). The molecule has 300 valence electrons. The molecule has 0 saturated carbocycles. The van der Waals surface area contributed by atoms with Crippen LogP contribution in [0.25, 0.3) is 11.0 Å². The van der Waals surface area contributed by atoms with E-state index in [0.29, 0.717) is 35.3 Å². The smallest absolute Gasteiger partial charge is 0.407 e. The van der Waals surface area contributed by atoms with Gasteiger partial charge in [0.05, 0.1) is 47.5 Å². The molecule has 4 heterocycles. The number of rotatable bonds is 12. The fourth-order valence-corrected chi connectivity index (χ4v) is 7.35. The molecule has 5 N–H and O–H groups in total. The number of nitrogens with one attached hydrogen (secondary N) is 3. The highest BCUT2D eigenvalue weighted by Gasteiger charge is 2.59. The van der Waals surface area contributed by atoms with Crippen molar-refractivity contribution in [2.45, 2.75) is 161 Å². The van der Waals surface area contributed by atoms with Crippen LogP contribution >= 0.6 is 0 Å². The fraction of sp³-hybridized carbons (Fsp3) is 0.711. The second kappa shape index (κ2) is 16.1. The monoisotopic (exact) mass is 757 g/mol. The third-order valence-electron chi connectivity index (χ3n) is 9.70. The summed E-state index contributed by atoms with van der Waals surface area (Å²) in [6.07, 6.45) is 3.89. The molecule has 16 nitrogen and oxygen atoms in total. The van der Waals surface area contributed by atoms with Crippen LogP contribution in [0.2, 0.25) is 0 Å². The number of H-pyrrole nitrogens is 1. The van der Waals surface area contributed by atoms with Gasteiger partial charge < -0.3 is 49.8 Å². The number of likely N-dealkylation sites (tertiary alicyclic amines) is 1. The molecule has 54 heavy (non-hydrogen) atoms. The van der Waals surface area contributed by atoms with Crippen molar-refractivity contribution in [3.05, 3.63) is 29.7 Å². The fourth-order valence-electron chi connectivity index (χ4n) is 7.35. The summed E-state index contributed by atoms with van der Waals surface area (Å²) in [4.78, 5) is 53.6. The Bertz CT molecular complexity index is 1690. The topological polar surface area (TPSA) is 201 Å². The van der Waals surface area contributed by atoms with Crippen LogP contribution in [0.3, 0.4) is 0 Å². The molecule has 0 bridgehead atoms. The molecular formula is C38H59N7O9. The van der Waals surface area contributed by atoms with E-state index >= 15 is 0 Å². The van der Waals surface area contributed by atoms with Gasteiger partial charge in [0.15, 0.2) is 11.6 Å². The Kier molecular flexibility index (Phi) is 12.3. The van der Waals surface area contributed by atoms with Crippen LogP contribution in [0.15, 0.2) is 24.2 Å². The molecule has 2 aromatic rings. The summed E-state index contributed by atoms with van der Waals surface area (Å²) in [6.45, 7) is 20.4. The van der Waals surface area contributed by atoms with Crippen LogP contribution in [0.1, 0.15) is 107 Å². The lowest BCUT2D eigenvalue weighted by atomic mass is 9.87. The number of carbonyl (C=O) groups is 3. The van der Waals surface area contributed by atoms with E-state index in [1.54, 1.807) is 26.8 Å². The highest BCUT2D eigenvalue weighted by molar-refractivity contribution is 5.89.